The van der Waals surface area contributed by atoms with E-state index in [1.165, 1.54) is 0 Å². The molecule has 1 heterocycles. The van der Waals surface area contributed by atoms with Crippen molar-refractivity contribution >= 4 is 29.1 Å². The van der Waals surface area contributed by atoms with Crippen molar-refractivity contribution in [3.63, 3.8) is 0 Å². The van der Waals surface area contributed by atoms with E-state index < -0.39 is 0 Å². The SMILES string of the molecule is CCNc1nc(C)cc(Nc2cc(Cl)ccc2OC)n1. The zero-order valence-corrected chi connectivity index (χ0v) is 12.5. The number of anilines is 3. The smallest absolute Gasteiger partial charge is 0.224 e. The second-order valence-corrected chi connectivity index (χ2v) is 4.65. The summed E-state index contributed by atoms with van der Waals surface area (Å²) in [7, 11) is 1.61. The molecule has 0 saturated heterocycles. The Morgan fingerprint density at radius 1 is 1.25 bits per heavy atom. The van der Waals surface area contributed by atoms with Gasteiger partial charge in [0.1, 0.15) is 11.6 Å². The molecule has 0 aliphatic heterocycles. The molecule has 0 radical (unpaired) electrons. The van der Waals surface area contributed by atoms with E-state index in [-0.39, 0.29) is 0 Å². The normalized spacial score (nSPS) is 10.2. The average Bonchev–Trinajstić information content (AvgIpc) is 2.38. The van der Waals surface area contributed by atoms with Crippen molar-refractivity contribution in [2.24, 2.45) is 0 Å². The fourth-order valence-electron chi connectivity index (χ4n) is 1.79. The van der Waals surface area contributed by atoms with Crippen molar-refractivity contribution < 1.29 is 4.74 Å². The first kappa shape index (κ1) is 14.4. The standard InChI is InChI=1S/C14H17ClN4O/c1-4-16-14-17-9(2)7-13(19-14)18-11-8-10(15)5-6-12(11)20-3/h5-8H,4H2,1-3H3,(H2,16,17,18,19). The summed E-state index contributed by atoms with van der Waals surface area (Å²) in [6, 6.07) is 7.25. The van der Waals surface area contributed by atoms with E-state index in [2.05, 4.69) is 20.6 Å². The highest BCUT2D eigenvalue weighted by Crippen LogP contribution is 2.30. The summed E-state index contributed by atoms with van der Waals surface area (Å²) < 4.78 is 5.30. The lowest BCUT2D eigenvalue weighted by atomic mass is 10.3. The molecule has 2 rings (SSSR count). The van der Waals surface area contributed by atoms with Crippen molar-refractivity contribution in [1.29, 1.82) is 0 Å². The Morgan fingerprint density at radius 2 is 2.05 bits per heavy atom. The van der Waals surface area contributed by atoms with Gasteiger partial charge in [-0.25, -0.2) is 4.98 Å². The maximum Gasteiger partial charge on any atom is 0.224 e. The highest BCUT2D eigenvalue weighted by molar-refractivity contribution is 6.31. The van der Waals surface area contributed by atoms with Gasteiger partial charge in [0.2, 0.25) is 5.95 Å². The van der Waals surface area contributed by atoms with E-state index in [4.69, 9.17) is 16.3 Å². The number of hydrogen-bond acceptors (Lipinski definition) is 5. The zero-order valence-electron chi connectivity index (χ0n) is 11.7. The molecule has 0 spiro atoms. The molecule has 0 bridgehead atoms. The molecule has 0 atom stereocenters. The summed E-state index contributed by atoms with van der Waals surface area (Å²) in [5.41, 5.74) is 1.64. The van der Waals surface area contributed by atoms with Crippen LogP contribution < -0.4 is 15.4 Å². The number of nitrogens with one attached hydrogen (secondary N) is 2. The minimum Gasteiger partial charge on any atom is -0.495 e. The Hall–Kier alpha value is -2.01. The van der Waals surface area contributed by atoms with Gasteiger partial charge in [-0.15, -0.1) is 0 Å². The Labute approximate surface area is 123 Å². The summed E-state index contributed by atoms with van der Waals surface area (Å²) in [5, 5.41) is 6.93. The molecule has 6 heteroatoms. The zero-order chi connectivity index (χ0) is 14.5. The van der Waals surface area contributed by atoms with Crippen LogP contribution in [0.4, 0.5) is 17.5 Å². The van der Waals surface area contributed by atoms with Gasteiger partial charge in [0.05, 0.1) is 12.8 Å². The van der Waals surface area contributed by atoms with Crippen LogP contribution in [0.3, 0.4) is 0 Å². The second-order valence-electron chi connectivity index (χ2n) is 4.22. The van der Waals surface area contributed by atoms with Crippen LogP contribution in [0.25, 0.3) is 0 Å². The molecule has 0 unspecified atom stereocenters. The number of aromatic nitrogens is 2. The maximum absolute atomic E-state index is 6.01. The van der Waals surface area contributed by atoms with Gasteiger partial charge in [-0.1, -0.05) is 11.6 Å². The number of nitrogens with zero attached hydrogens (tertiary/aromatic N) is 2. The van der Waals surface area contributed by atoms with Crippen molar-refractivity contribution in [3.05, 3.63) is 35.0 Å². The third-order valence-corrected chi connectivity index (χ3v) is 2.85. The summed E-state index contributed by atoms with van der Waals surface area (Å²) in [6.45, 7) is 4.69. The quantitative estimate of drug-likeness (QED) is 0.881. The van der Waals surface area contributed by atoms with Crippen LogP contribution in [-0.2, 0) is 0 Å². The highest BCUT2D eigenvalue weighted by atomic mass is 35.5. The lowest BCUT2D eigenvalue weighted by molar-refractivity contribution is 0.417. The van der Waals surface area contributed by atoms with Gasteiger partial charge in [-0.05, 0) is 32.0 Å². The predicted octanol–water partition coefficient (Wildman–Crippen LogP) is 3.62. The van der Waals surface area contributed by atoms with Gasteiger partial charge in [0, 0.05) is 23.3 Å². The highest BCUT2D eigenvalue weighted by Gasteiger charge is 2.07. The fraction of sp³-hybridized carbons (Fsp3) is 0.286. The largest absolute Gasteiger partial charge is 0.495 e. The molecular weight excluding hydrogens is 276 g/mol. The van der Waals surface area contributed by atoms with Crippen LogP contribution in [-0.4, -0.2) is 23.6 Å². The van der Waals surface area contributed by atoms with Crippen molar-refractivity contribution in [3.8, 4) is 5.75 Å². The molecule has 1 aromatic heterocycles. The van der Waals surface area contributed by atoms with E-state index in [1.54, 1.807) is 19.2 Å². The minimum atomic E-state index is 0.594. The van der Waals surface area contributed by atoms with E-state index >= 15 is 0 Å². The van der Waals surface area contributed by atoms with Crippen LogP contribution in [0.2, 0.25) is 5.02 Å². The molecule has 0 fully saturated rings. The summed E-state index contributed by atoms with van der Waals surface area (Å²) in [4.78, 5) is 8.70. The maximum atomic E-state index is 6.01. The van der Waals surface area contributed by atoms with Gasteiger partial charge in [-0.3, -0.25) is 0 Å². The van der Waals surface area contributed by atoms with Crippen LogP contribution in [0.1, 0.15) is 12.6 Å². The predicted molar refractivity (Wildman–Crippen MR) is 82.2 cm³/mol. The topological polar surface area (TPSA) is 59.1 Å². The molecule has 5 nitrogen and oxygen atoms in total. The van der Waals surface area contributed by atoms with Crippen LogP contribution in [0, 0.1) is 6.92 Å². The van der Waals surface area contributed by atoms with E-state index in [1.807, 2.05) is 26.0 Å². The Kier molecular flexibility index (Phi) is 4.63. The summed E-state index contributed by atoms with van der Waals surface area (Å²) >= 11 is 6.01. The third-order valence-electron chi connectivity index (χ3n) is 2.61. The first-order chi connectivity index (χ1) is 9.62. The summed E-state index contributed by atoms with van der Waals surface area (Å²) in [6.07, 6.45) is 0. The molecular formula is C14H17ClN4O. The number of halogens is 1. The van der Waals surface area contributed by atoms with Gasteiger partial charge in [0.25, 0.3) is 0 Å². The monoisotopic (exact) mass is 292 g/mol. The van der Waals surface area contributed by atoms with Gasteiger partial charge in [0.15, 0.2) is 0 Å². The number of ether oxygens (including phenoxy) is 1. The molecule has 2 aromatic rings. The number of rotatable bonds is 5. The Morgan fingerprint density at radius 3 is 2.75 bits per heavy atom. The fourth-order valence-corrected chi connectivity index (χ4v) is 1.96. The first-order valence-corrected chi connectivity index (χ1v) is 6.70. The number of methoxy groups -OCH3 is 1. The Bertz CT molecular complexity index is 604. The van der Waals surface area contributed by atoms with Crippen molar-refractivity contribution in [2.75, 3.05) is 24.3 Å². The van der Waals surface area contributed by atoms with Gasteiger partial charge in [-0.2, -0.15) is 4.98 Å². The molecule has 106 valence electrons. The molecule has 0 aliphatic rings. The number of benzene rings is 1. The lowest BCUT2D eigenvalue weighted by Crippen LogP contribution is -2.05. The van der Waals surface area contributed by atoms with Crippen LogP contribution in [0.5, 0.6) is 5.75 Å². The summed E-state index contributed by atoms with van der Waals surface area (Å²) in [5.74, 6) is 1.99. The molecule has 2 N–H and O–H groups in total. The Balaban J connectivity index is 2.31. The molecule has 0 aliphatic carbocycles. The molecule has 1 aromatic carbocycles. The van der Waals surface area contributed by atoms with E-state index in [9.17, 15) is 0 Å². The van der Waals surface area contributed by atoms with Gasteiger partial charge >= 0.3 is 0 Å². The minimum absolute atomic E-state index is 0.594. The lowest BCUT2D eigenvalue weighted by Gasteiger charge is -2.12. The average molecular weight is 293 g/mol. The third kappa shape index (κ3) is 3.51. The molecule has 0 amide bonds. The van der Waals surface area contributed by atoms with Crippen LogP contribution in [0.15, 0.2) is 24.3 Å². The van der Waals surface area contributed by atoms with Crippen molar-refractivity contribution in [1.82, 2.24) is 9.97 Å². The molecule has 0 saturated carbocycles. The van der Waals surface area contributed by atoms with E-state index in [0.717, 1.165) is 17.9 Å². The van der Waals surface area contributed by atoms with Gasteiger partial charge < -0.3 is 15.4 Å². The van der Waals surface area contributed by atoms with E-state index in [0.29, 0.717) is 22.5 Å². The van der Waals surface area contributed by atoms with Crippen LogP contribution >= 0.6 is 11.6 Å². The molecule has 20 heavy (non-hydrogen) atoms. The second kappa shape index (κ2) is 6.43. The first-order valence-electron chi connectivity index (χ1n) is 6.32. The van der Waals surface area contributed by atoms with Crippen molar-refractivity contribution in [2.45, 2.75) is 13.8 Å². The number of hydrogen-bond donors (Lipinski definition) is 2. The number of aryl methyl sites for hydroxylation is 1.